The van der Waals surface area contributed by atoms with Crippen LogP contribution in [0.3, 0.4) is 0 Å². The van der Waals surface area contributed by atoms with Crippen LogP contribution in [-0.4, -0.2) is 29.9 Å². The van der Waals surface area contributed by atoms with Crippen molar-refractivity contribution >= 4 is 17.3 Å². The molecule has 6 nitrogen and oxygen atoms in total. The molecule has 2 heterocycles. The largest absolute Gasteiger partial charge is 0.454 e. The lowest BCUT2D eigenvalue weighted by Crippen LogP contribution is -2.25. The Labute approximate surface area is 136 Å². The Morgan fingerprint density at radius 1 is 1.04 bits per heavy atom. The minimum Gasteiger partial charge on any atom is -0.454 e. The first-order chi connectivity index (χ1) is 11.3. The first-order valence-corrected chi connectivity index (χ1v) is 8.03. The van der Waals surface area contributed by atoms with Crippen molar-refractivity contribution in [3.05, 3.63) is 30.6 Å². The highest BCUT2D eigenvalue weighted by atomic mass is 16.7. The summed E-state index contributed by atoms with van der Waals surface area (Å²) in [5.41, 5.74) is 0.913. The molecule has 1 N–H and O–H groups in total. The average Bonchev–Trinajstić information content (AvgIpc) is 3.03. The lowest BCUT2D eigenvalue weighted by atomic mass is 10.2. The van der Waals surface area contributed by atoms with Crippen LogP contribution >= 0.6 is 0 Å². The summed E-state index contributed by atoms with van der Waals surface area (Å²) in [4.78, 5) is 11.0. The van der Waals surface area contributed by atoms with Crippen LogP contribution in [0.25, 0.3) is 0 Å². The van der Waals surface area contributed by atoms with E-state index in [0.717, 1.165) is 54.8 Å². The first kappa shape index (κ1) is 15.4. The summed E-state index contributed by atoms with van der Waals surface area (Å²) >= 11 is 0. The third kappa shape index (κ3) is 3.64. The van der Waals surface area contributed by atoms with E-state index in [4.69, 9.17) is 9.47 Å². The molecule has 0 aliphatic carbocycles. The molecule has 0 saturated carbocycles. The highest BCUT2D eigenvalue weighted by Crippen LogP contribution is 2.35. The summed E-state index contributed by atoms with van der Waals surface area (Å²) in [6, 6.07) is 7.74. The van der Waals surface area contributed by atoms with Gasteiger partial charge in [0.15, 0.2) is 11.5 Å². The van der Waals surface area contributed by atoms with E-state index < -0.39 is 0 Å². The van der Waals surface area contributed by atoms with Gasteiger partial charge in [-0.3, -0.25) is 0 Å². The third-order valence-corrected chi connectivity index (χ3v) is 3.61. The van der Waals surface area contributed by atoms with Crippen molar-refractivity contribution in [1.29, 1.82) is 0 Å². The molecule has 23 heavy (non-hydrogen) atoms. The van der Waals surface area contributed by atoms with Gasteiger partial charge >= 0.3 is 0 Å². The number of aromatic nitrogens is 2. The predicted molar refractivity (Wildman–Crippen MR) is 90.7 cm³/mol. The van der Waals surface area contributed by atoms with Crippen LogP contribution in [0, 0.1) is 0 Å². The van der Waals surface area contributed by atoms with Gasteiger partial charge in [0.2, 0.25) is 6.79 Å². The number of nitrogens with zero attached hydrogens (tertiary/aromatic N) is 3. The van der Waals surface area contributed by atoms with Crippen LogP contribution in [0.2, 0.25) is 0 Å². The fourth-order valence-electron chi connectivity index (χ4n) is 2.59. The van der Waals surface area contributed by atoms with Crippen molar-refractivity contribution in [1.82, 2.24) is 9.97 Å². The van der Waals surface area contributed by atoms with Gasteiger partial charge in [0.1, 0.15) is 18.0 Å². The second kappa shape index (κ2) is 7.17. The predicted octanol–water partition coefficient (Wildman–Crippen LogP) is 3.58. The van der Waals surface area contributed by atoms with Crippen molar-refractivity contribution in [3.63, 3.8) is 0 Å². The molecule has 1 aliphatic rings. The summed E-state index contributed by atoms with van der Waals surface area (Å²) in [5.74, 6) is 3.25. The summed E-state index contributed by atoms with van der Waals surface area (Å²) in [6.07, 6.45) is 3.78. The number of rotatable bonds is 7. The molecular formula is C17H22N4O2. The smallest absolute Gasteiger partial charge is 0.231 e. The van der Waals surface area contributed by atoms with Crippen molar-refractivity contribution in [2.75, 3.05) is 30.1 Å². The Kier molecular flexibility index (Phi) is 4.80. The quantitative estimate of drug-likeness (QED) is 0.843. The van der Waals surface area contributed by atoms with E-state index in [2.05, 4.69) is 34.0 Å². The molecule has 122 valence electrons. The molecule has 1 aromatic carbocycles. The summed E-state index contributed by atoms with van der Waals surface area (Å²) in [6.45, 7) is 6.62. The van der Waals surface area contributed by atoms with E-state index in [1.807, 2.05) is 24.3 Å². The molecule has 0 bridgehead atoms. The topological polar surface area (TPSA) is 59.5 Å². The van der Waals surface area contributed by atoms with Gasteiger partial charge in [-0.1, -0.05) is 13.8 Å². The van der Waals surface area contributed by atoms with E-state index in [1.54, 1.807) is 6.33 Å². The number of nitrogens with one attached hydrogen (secondary N) is 1. The highest BCUT2D eigenvalue weighted by molar-refractivity contribution is 5.63. The maximum Gasteiger partial charge on any atom is 0.231 e. The van der Waals surface area contributed by atoms with E-state index in [-0.39, 0.29) is 6.79 Å². The van der Waals surface area contributed by atoms with Gasteiger partial charge < -0.3 is 19.7 Å². The summed E-state index contributed by atoms with van der Waals surface area (Å²) in [5, 5.41) is 3.30. The maximum absolute atomic E-state index is 5.40. The van der Waals surface area contributed by atoms with E-state index >= 15 is 0 Å². The Morgan fingerprint density at radius 2 is 1.83 bits per heavy atom. The molecule has 0 fully saturated rings. The van der Waals surface area contributed by atoms with Crippen LogP contribution < -0.4 is 19.7 Å². The molecule has 2 aromatic rings. The zero-order chi connectivity index (χ0) is 16.1. The molecule has 0 spiro atoms. The molecule has 0 unspecified atom stereocenters. The monoisotopic (exact) mass is 314 g/mol. The fourth-order valence-corrected chi connectivity index (χ4v) is 2.59. The van der Waals surface area contributed by atoms with Gasteiger partial charge in [-0.15, -0.1) is 0 Å². The SMILES string of the molecule is CCCN(CCC)c1cc(Nc2ccc3c(c2)OCO3)ncn1. The van der Waals surface area contributed by atoms with Crippen molar-refractivity contribution in [3.8, 4) is 11.5 Å². The normalized spacial score (nSPS) is 12.3. The zero-order valence-electron chi connectivity index (χ0n) is 13.6. The molecule has 3 rings (SSSR count). The number of hydrogen-bond donors (Lipinski definition) is 1. The highest BCUT2D eigenvalue weighted by Gasteiger charge is 2.14. The Bertz CT molecular complexity index is 657. The van der Waals surface area contributed by atoms with Crippen LogP contribution in [0.4, 0.5) is 17.3 Å². The van der Waals surface area contributed by atoms with Gasteiger partial charge in [-0.2, -0.15) is 0 Å². The van der Waals surface area contributed by atoms with Crippen LogP contribution in [-0.2, 0) is 0 Å². The van der Waals surface area contributed by atoms with Crippen LogP contribution in [0.5, 0.6) is 11.5 Å². The van der Waals surface area contributed by atoms with Crippen molar-refractivity contribution < 1.29 is 9.47 Å². The molecule has 0 saturated heterocycles. The second-order valence-corrected chi connectivity index (χ2v) is 5.44. The molecule has 0 radical (unpaired) electrons. The van der Waals surface area contributed by atoms with Crippen LogP contribution in [0.1, 0.15) is 26.7 Å². The number of benzene rings is 1. The second-order valence-electron chi connectivity index (χ2n) is 5.44. The molecule has 1 aromatic heterocycles. The first-order valence-electron chi connectivity index (χ1n) is 8.03. The van der Waals surface area contributed by atoms with E-state index in [1.165, 1.54) is 0 Å². The minimum atomic E-state index is 0.277. The Hall–Kier alpha value is -2.50. The molecular weight excluding hydrogens is 292 g/mol. The maximum atomic E-state index is 5.40. The minimum absolute atomic E-state index is 0.277. The van der Waals surface area contributed by atoms with Crippen molar-refractivity contribution in [2.24, 2.45) is 0 Å². The van der Waals surface area contributed by atoms with Crippen molar-refractivity contribution in [2.45, 2.75) is 26.7 Å². The van der Waals surface area contributed by atoms with Gasteiger partial charge in [0.05, 0.1) is 0 Å². The van der Waals surface area contributed by atoms with Gasteiger partial charge in [-0.05, 0) is 25.0 Å². The lowest BCUT2D eigenvalue weighted by molar-refractivity contribution is 0.174. The Morgan fingerprint density at radius 3 is 2.61 bits per heavy atom. The molecule has 0 amide bonds. The number of ether oxygens (including phenoxy) is 2. The molecule has 6 heteroatoms. The van der Waals surface area contributed by atoms with E-state index in [0.29, 0.717) is 0 Å². The fraction of sp³-hybridized carbons (Fsp3) is 0.412. The number of hydrogen-bond acceptors (Lipinski definition) is 6. The van der Waals surface area contributed by atoms with Gasteiger partial charge in [0.25, 0.3) is 0 Å². The van der Waals surface area contributed by atoms with Gasteiger partial charge in [-0.25, -0.2) is 9.97 Å². The molecule has 0 atom stereocenters. The number of fused-ring (bicyclic) bond motifs is 1. The zero-order valence-corrected chi connectivity index (χ0v) is 13.6. The summed E-state index contributed by atoms with van der Waals surface area (Å²) in [7, 11) is 0. The van der Waals surface area contributed by atoms with Gasteiger partial charge in [0, 0.05) is 30.9 Å². The van der Waals surface area contributed by atoms with E-state index in [9.17, 15) is 0 Å². The average molecular weight is 314 g/mol. The summed E-state index contributed by atoms with van der Waals surface area (Å²) < 4.78 is 10.7. The van der Waals surface area contributed by atoms with Crippen LogP contribution in [0.15, 0.2) is 30.6 Å². The Balaban J connectivity index is 1.76. The standard InChI is InChI=1S/C17H22N4O2/c1-3-7-21(8-4-2)17-10-16(18-11-19-17)20-13-5-6-14-15(9-13)23-12-22-14/h5-6,9-11H,3-4,7-8,12H2,1-2H3,(H,18,19,20). The number of anilines is 3. The molecule has 1 aliphatic heterocycles. The lowest BCUT2D eigenvalue weighted by Gasteiger charge is -2.22. The third-order valence-electron chi connectivity index (χ3n) is 3.61.